The number of benzene rings is 1. The lowest BCUT2D eigenvalue weighted by Crippen LogP contribution is -2.41. The monoisotopic (exact) mass is 302 g/mol. The van der Waals surface area contributed by atoms with Gasteiger partial charge >= 0.3 is 6.18 Å². The topological polar surface area (TPSA) is 49.5 Å². The van der Waals surface area contributed by atoms with Crippen molar-refractivity contribution in [1.82, 2.24) is 0 Å². The highest BCUT2D eigenvalue weighted by molar-refractivity contribution is 5.53. The molecule has 0 heterocycles. The molecular formula is C15H21F3N2O. The zero-order valence-electron chi connectivity index (χ0n) is 11.9. The number of aliphatic hydroxyl groups is 1. The van der Waals surface area contributed by atoms with E-state index in [0.717, 1.165) is 19.3 Å². The van der Waals surface area contributed by atoms with Gasteiger partial charge in [-0.25, -0.2) is 0 Å². The maximum absolute atomic E-state index is 13.1. The van der Waals surface area contributed by atoms with E-state index in [4.69, 9.17) is 10.8 Å². The molecule has 0 amide bonds. The lowest BCUT2D eigenvalue weighted by molar-refractivity contribution is -0.138. The minimum atomic E-state index is -4.40. The van der Waals surface area contributed by atoms with Crippen LogP contribution >= 0.6 is 0 Å². The van der Waals surface area contributed by atoms with Gasteiger partial charge in [-0.1, -0.05) is 6.07 Å². The maximum atomic E-state index is 13.1. The summed E-state index contributed by atoms with van der Waals surface area (Å²) in [5, 5.41) is 8.98. The van der Waals surface area contributed by atoms with Crippen LogP contribution in [0, 0.1) is 0 Å². The second-order valence-electron chi connectivity index (χ2n) is 5.40. The van der Waals surface area contributed by atoms with Crippen molar-refractivity contribution in [1.29, 1.82) is 0 Å². The summed E-state index contributed by atoms with van der Waals surface area (Å²) in [5.41, 5.74) is 5.43. The molecule has 0 saturated heterocycles. The average molecular weight is 302 g/mol. The molecule has 1 saturated carbocycles. The molecule has 1 aliphatic rings. The fourth-order valence-electron chi connectivity index (χ4n) is 2.65. The standard InChI is InChI=1S/C15H21F3N2O/c16-15(17,18)14-9-13(6-5-11(14)10-19)20(7-2-8-21)12-3-1-4-12/h5-6,9,12,21H,1-4,7-8,10,19H2. The van der Waals surface area contributed by atoms with E-state index in [0.29, 0.717) is 18.7 Å². The fourth-order valence-corrected chi connectivity index (χ4v) is 2.65. The van der Waals surface area contributed by atoms with E-state index < -0.39 is 11.7 Å². The van der Waals surface area contributed by atoms with Crippen LogP contribution in [0.2, 0.25) is 0 Å². The molecular weight excluding hydrogens is 281 g/mol. The van der Waals surface area contributed by atoms with E-state index in [1.165, 1.54) is 12.1 Å². The Morgan fingerprint density at radius 1 is 1.29 bits per heavy atom. The Labute approximate surface area is 122 Å². The van der Waals surface area contributed by atoms with E-state index in [2.05, 4.69) is 0 Å². The summed E-state index contributed by atoms with van der Waals surface area (Å²) in [6.07, 6.45) is -0.756. The first kappa shape index (κ1) is 16.1. The number of alkyl halides is 3. The summed E-state index contributed by atoms with van der Waals surface area (Å²) in [7, 11) is 0. The summed E-state index contributed by atoms with van der Waals surface area (Å²) in [6.45, 7) is 0.478. The first-order valence-electron chi connectivity index (χ1n) is 7.25. The Morgan fingerprint density at radius 2 is 2.00 bits per heavy atom. The highest BCUT2D eigenvalue weighted by Crippen LogP contribution is 2.36. The Balaban J connectivity index is 2.31. The third-order valence-corrected chi connectivity index (χ3v) is 4.02. The molecule has 1 aromatic carbocycles. The highest BCUT2D eigenvalue weighted by atomic mass is 19.4. The number of aliphatic hydroxyl groups excluding tert-OH is 1. The summed E-state index contributed by atoms with van der Waals surface area (Å²) in [6, 6.07) is 4.63. The van der Waals surface area contributed by atoms with E-state index in [1.54, 1.807) is 6.07 Å². The number of anilines is 1. The molecule has 1 aliphatic carbocycles. The van der Waals surface area contributed by atoms with E-state index >= 15 is 0 Å². The third kappa shape index (κ3) is 3.68. The Kier molecular flexibility index (Phi) is 5.11. The van der Waals surface area contributed by atoms with Gasteiger partial charge in [-0.3, -0.25) is 0 Å². The fraction of sp³-hybridized carbons (Fsp3) is 0.600. The highest BCUT2D eigenvalue weighted by Gasteiger charge is 2.34. The molecule has 0 radical (unpaired) electrons. The maximum Gasteiger partial charge on any atom is 0.416 e. The van der Waals surface area contributed by atoms with Gasteiger partial charge in [0.25, 0.3) is 0 Å². The molecule has 0 aromatic heterocycles. The Hall–Kier alpha value is -1.27. The molecule has 0 unspecified atom stereocenters. The van der Waals surface area contributed by atoms with Crippen LogP contribution in [0.5, 0.6) is 0 Å². The normalized spacial score (nSPS) is 15.9. The zero-order valence-corrected chi connectivity index (χ0v) is 11.9. The lowest BCUT2D eigenvalue weighted by atomic mass is 9.90. The summed E-state index contributed by atoms with van der Waals surface area (Å²) in [4.78, 5) is 1.98. The lowest BCUT2D eigenvalue weighted by Gasteiger charge is -2.39. The predicted molar refractivity (Wildman–Crippen MR) is 76.0 cm³/mol. The molecule has 118 valence electrons. The van der Waals surface area contributed by atoms with Gasteiger partial charge in [0.15, 0.2) is 0 Å². The van der Waals surface area contributed by atoms with Crippen LogP contribution in [-0.4, -0.2) is 24.3 Å². The molecule has 0 bridgehead atoms. The SMILES string of the molecule is NCc1ccc(N(CCCO)C2CCC2)cc1C(F)(F)F. The average Bonchev–Trinajstić information content (AvgIpc) is 2.39. The van der Waals surface area contributed by atoms with Crippen molar-refractivity contribution in [3.05, 3.63) is 29.3 Å². The number of rotatable bonds is 6. The number of halogens is 3. The Bertz CT molecular complexity index is 472. The van der Waals surface area contributed by atoms with Crippen LogP contribution in [0.15, 0.2) is 18.2 Å². The van der Waals surface area contributed by atoms with E-state index in [-0.39, 0.29) is 24.8 Å². The van der Waals surface area contributed by atoms with Crippen LogP contribution in [0.3, 0.4) is 0 Å². The molecule has 3 N–H and O–H groups in total. The number of nitrogens with zero attached hydrogens (tertiary/aromatic N) is 1. The van der Waals surface area contributed by atoms with Gasteiger partial charge in [0, 0.05) is 31.4 Å². The molecule has 0 spiro atoms. The van der Waals surface area contributed by atoms with Crippen LogP contribution in [0.4, 0.5) is 18.9 Å². The molecule has 6 heteroatoms. The van der Waals surface area contributed by atoms with Crippen LogP contribution in [-0.2, 0) is 12.7 Å². The quantitative estimate of drug-likeness (QED) is 0.849. The van der Waals surface area contributed by atoms with Crippen molar-refractivity contribution in [2.45, 2.75) is 44.4 Å². The molecule has 1 fully saturated rings. The third-order valence-electron chi connectivity index (χ3n) is 4.02. The van der Waals surface area contributed by atoms with Crippen molar-refractivity contribution in [2.75, 3.05) is 18.1 Å². The zero-order chi connectivity index (χ0) is 15.5. The number of nitrogens with two attached hydrogens (primary N) is 1. The van der Waals surface area contributed by atoms with Gasteiger partial charge in [-0.15, -0.1) is 0 Å². The smallest absolute Gasteiger partial charge is 0.396 e. The molecule has 0 aliphatic heterocycles. The van der Waals surface area contributed by atoms with Crippen molar-refractivity contribution in [3.63, 3.8) is 0 Å². The second-order valence-corrected chi connectivity index (χ2v) is 5.40. The van der Waals surface area contributed by atoms with E-state index in [9.17, 15) is 13.2 Å². The summed E-state index contributed by atoms with van der Waals surface area (Å²) >= 11 is 0. The molecule has 2 rings (SSSR count). The van der Waals surface area contributed by atoms with Crippen molar-refractivity contribution < 1.29 is 18.3 Å². The van der Waals surface area contributed by atoms with Crippen molar-refractivity contribution >= 4 is 5.69 Å². The van der Waals surface area contributed by atoms with Gasteiger partial charge in [-0.05, 0) is 43.4 Å². The summed E-state index contributed by atoms with van der Waals surface area (Å²) < 4.78 is 39.3. The first-order chi connectivity index (χ1) is 9.97. The van der Waals surface area contributed by atoms with Crippen LogP contribution in [0.1, 0.15) is 36.8 Å². The van der Waals surface area contributed by atoms with Crippen molar-refractivity contribution in [3.8, 4) is 0 Å². The molecule has 1 aromatic rings. The molecule has 3 nitrogen and oxygen atoms in total. The van der Waals surface area contributed by atoms with E-state index in [1.807, 2.05) is 4.90 Å². The van der Waals surface area contributed by atoms with Gasteiger partial charge in [-0.2, -0.15) is 13.2 Å². The van der Waals surface area contributed by atoms with Crippen LogP contribution < -0.4 is 10.6 Å². The van der Waals surface area contributed by atoms with Crippen LogP contribution in [0.25, 0.3) is 0 Å². The number of hydrogen-bond donors (Lipinski definition) is 2. The van der Waals surface area contributed by atoms with Crippen molar-refractivity contribution in [2.24, 2.45) is 5.73 Å². The largest absolute Gasteiger partial charge is 0.416 e. The summed E-state index contributed by atoms with van der Waals surface area (Å²) in [5.74, 6) is 0. The van der Waals surface area contributed by atoms with Gasteiger partial charge in [0.05, 0.1) is 5.56 Å². The number of hydrogen-bond acceptors (Lipinski definition) is 3. The Morgan fingerprint density at radius 3 is 2.48 bits per heavy atom. The minimum Gasteiger partial charge on any atom is -0.396 e. The molecule has 21 heavy (non-hydrogen) atoms. The predicted octanol–water partition coefficient (Wildman–Crippen LogP) is 2.91. The van der Waals surface area contributed by atoms with Gasteiger partial charge in [0.2, 0.25) is 0 Å². The van der Waals surface area contributed by atoms with Gasteiger partial charge in [0.1, 0.15) is 0 Å². The van der Waals surface area contributed by atoms with Gasteiger partial charge < -0.3 is 15.7 Å². The minimum absolute atomic E-state index is 0.0379. The second kappa shape index (κ2) is 6.66. The first-order valence-corrected chi connectivity index (χ1v) is 7.25. The molecule has 0 atom stereocenters.